The number of rotatable bonds is 3. The molecule has 2 unspecified atom stereocenters. The molecule has 1 saturated heterocycles. The minimum Gasteiger partial charge on any atom is -0.481 e. The van der Waals surface area contributed by atoms with Crippen molar-refractivity contribution in [2.24, 2.45) is 5.41 Å². The molecule has 1 aromatic carbocycles. The second-order valence-corrected chi connectivity index (χ2v) is 5.56. The molecule has 0 aliphatic carbocycles. The highest BCUT2D eigenvalue weighted by Gasteiger charge is 2.46. The van der Waals surface area contributed by atoms with Crippen LogP contribution in [0.15, 0.2) is 22.7 Å². The van der Waals surface area contributed by atoms with Gasteiger partial charge >= 0.3 is 5.97 Å². The second-order valence-electron chi connectivity index (χ2n) is 4.71. The predicted molar refractivity (Wildman–Crippen MR) is 72.8 cm³/mol. The Hall–Kier alpha value is -1.58. The van der Waals surface area contributed by atoms with E-state index in [9.17, 15) is 9.90 Å². The van der Waals surface area contributed by atoms with Gasteiger partial charge in [-0.2, -0.15) is 5.26 Å². The molecule has 0 bridgehead atoms. The first kappa shape index (κ1) is 13.8. The minimum atomic E-state index is -0.991. The Morgan fingerprint density at radius 3 is 3.05 bits per heavy atom. The summed E-state index contributed by atoms with van der Waals surface area (Å²) in [4.78, 5) is 11.4. The molecule has 1 heterocycles. The standard InChI is InChI=1S/C13H13BrN2O3/c1-13(12(17)18)7-19-6-11(13)16-10-4-2-3-9(14)8(10)5-15/h2-4,11,16H,6-7H2,1H3,(H,17,18). The summed E-state index contributed by atoms with van der Waals surface area (Å²) in [6.45, 7) is 2.11. The number of halogens is 1. The van der Waals surface area contributed by atoms with Crippen LogP contribution in [-0.2, 0) is 9.53 Å². The molecule has 5 nitrogen and oxygen atoms in total. The van der Waals surface area contributed by atoms with Gasteiger partial charge in [0.1, 0.15) is 11.5 Å². The van der Waals surface area contributed by atoms with E-state index in [1.165, 1.54) is 0 Å². The molecule has 2 N–H and O–H groups in total. The van der Waals surface area contributed by atoms with E-state index in [1.54, 1.807) is 25.1 Å². The van der Waals surface area contributed by atoms with Gasteiger partial charge in [0.15, 0.2) is 0 Å². The number of hydrogen-bond acceptors (Lipinski definition) is 4. The minimum absolute atomic E-state index is 0.163. The lowest BCUT2D eigenvalue weighted by Gasteiger charge is -2.26. The fourth-order valence-corrected chi connectivity index (χ4v) is 2.49. The van der Waals surface area contributed by atoms with Crippen molar-refractivity contribution >= 4 is 27.6 Å². The SMILES string of the molecule is CC1(C(=O)O)COCC1Nc1cccc(Br)c1C#N. The molecular weight excluding hydrogens is 312 g/mol. The fraction of sp³-hybridized carbons (Fsp3) is 0.385. The van der Waals surface area contributed by atoms with E-state index in [-0.39, 0.29) is 12.6 Å². The summed E-state index contributed by atoms with van der Waals surface area (Å²) in [5, 5.41) is 21.6. The molecule has 2 atom stereocenters. The lowest BCUT2D eigenvalue weighted by molar-refractivity contribution is -0.148. The van der Waals surface area contributed by atoms with E-state index >= 15 is 0 Å². The Kier molecular flexibility index (Phi) is 3.78. The normalized spacial score (nSPS) is 25.8. The van der Waals surface area contributed by atoms with Gasteiger partial charge in [0, 0.05) is 4.47 Å². The van der Waals surface area contributed by atoms with Gasteiger partial charge in [0.05, 0.1) is 30.5 Å². The first-order valence-electron chi connectivity index (χ1n) is 5.75. The Morgan fingerprint density at radius 2 is 2.42 bits per heavy atom. The third-order valence-electron chi connectivity index (χ3n) is 3.40. The van der Waals surface area contributed by atoms with Gasteiger partial charge in [-0.05, 0) is 35.0 Å². The summed E-state index contributed by atoms with van der Waals surface area (Å²) < 4.78 is 5.95. The number of ether oxygens (including phenoxy) is 1. The van der Waals surface area contributed by atoms with Crippen LogP contribution in [0.2, 0.25) is 0 Å². The monoisotopic (exact) mass is 324 g/mol. The molecule has 2 rings (SSSR count). The maximum atomic E-state index is 11.4. The highest BCUT2D eigenvalue weighted by atomic mass is 79.9. The van der Waals surface area contributed by atoms with E-state index in [0.29, 0.717) is 22.3 Å². The van der Waals surface area contributed by atoms with Crippen molar-refractivity contribution in [3.05, 3.63) is 28.2 Å². The van der Waals surface area contributed by atoms with Gasteiger partial charge in [-0.3, -0.25) is 4.79 Å². The van der Waals surface area contributed by atoms with E-state index in [1.807, 2.05) is 0 Å². The number of nitriles is 1. The molecule has 6 heteroatoms. The highest BCUT2D eigenvalue weighted by Crippen LogP contribution is 2.33. The molecule has 0 amide bonds. The molecule has 19 heavy (non-hydrogen) atoms. The quantitative estimate of drug-likeness (QED) is 0.890. The fourth-order valence-electron chi connectivity index (χ4n) is 2.03. The molecule has 1 aliphatic heterocycles. The van der Waals surface area contributed by atoms with Crippen molar-refractivity contribution in [2.45, 2.75) is 13.0 Å². The van der Waals surface area contributed by atoms with Crippen LogP contribution < -0.4 is 5.32 Å². The van der Waals surface area contributed by atoms with Crippen molar-refractivity contribution < 1.29 is 14.6 Å². The zero-order chi connectivity index (χ0) is 14.0. The van der Waals surface area contributed by atoms with Crippen molar-refractivity contribution in [3.63, 3.8) is 0 Å². The third kappa shape index (κ3) is 2.44. The number of benzene rings is 1. The van der Waals surface area contributed by atoms with Crippen LogP contribution in [0, 0.1) is 16.7 Å². The number of carboxylic acids is 1. The van der Waals surface area contributed by atoms with Crippen LogP contribution in [0.25, 0.3) is 0 Å². The van der Waals surface area contributed by atoms with Crippen LogP contribution in [0.5, 0.6) is 0 Å². The molecule has 1 fully saturated rings. The molecular formula is C13H13BrN2O3. The topological polar surface area (TPSA) is 82.3 Å². The van der Waals surface area contributed by atoms with Crippen LogP contribution in [0.4, 0.5) is 5.69 Å². The Labute approximate surface area is 119 Å². The number of nitrogens with one attached hydrogen (secondary N) is 1. The smallest absolute Gasteiger partial charge is 0.313 e. The van der Waals surface area contributed by atoms with Gasteiger partial charge in [0.2, 0.25) is 0 Å². The second kappa shape index (κ2) is 5.19. The van der Waals surface area contributed by atoms with Gasteiger partial charge in [-0.15, -0.1) is 0 Å². The predicted octanol–water partition coefficient (Wildman–Crippen LogP) is 2.22. The van der Waals surface area contributed by atoms with Crippen molar-refractivity contribution in [1.29, 1.82) is 5.26 Å². The van der Waals surface area contributed by atoms with Gasteiger partial charge < -0.3 is 15.2 Å². The van der Waals surface area contributed by atoms with Gasteiger partial charge in [0.25, 0.3) is 0 Å². The molecule has 0 aromatic heterocycles. The van der Waals surface area contributed by atoms with E-state index in [2.05, 4.69) is 27.3 Å². The van der Waals surface area contributed by atoms with Crippen molar-refractivity contribution in [1.82, 2.24) is 0 Å². The van der Waals surface area contributed by atoms with Crippen LogP contribution in [-0.4, -0.2) is 30.3 Å². The average Bonchev–Trinajstić information content (AvgIpc) is 2.73. The molecule has 0 saturated carbocycles. The number of carbonyl (C=O) groups is 1. The Morgan fingerprint density at radius 1 is 1.68 bits per heavy atom. The van der Waals surface area contributed by atoms with Gasteiger partial charge in [-0.25, -0.2) is 0 Å². The van der Waals surface area contributed by atoms with Crippen molar-refractivity contribution in [2.75, 3.05) is 18.5 Å². The van der Waals surface area contributed by atoms with E-state index in [4.69, 9.17) is 10.00 Å². The summed E-state index contributed by atoms with van der Waals surface area (Å²) in [7, 11) is 0. The summed E-state index contributed by atoms with van der Waals surface area (Å²) in [6.07, 6.45) is 0. The molecule has 0 spiro atoms. The van der Waals surface area contributed by atoms with Crippen LogP contribution in [0.1, 0.15) is 12.5 Å². The summed E-state index contributed by atoms with van der Waals surface area (Å²) >= 11 is 3.30. The zero-order valence-corrected chi connectivity index (χ0v) is 11.9. The summed E-state index contributed by atoms with van der Waals surface area (Å²) in [5.41, 5.74) is 0.0803. The number of carboxylic acid groups (broad SMARTS) is 1. The number of nitrogens with zero attached hydrogens (tertiary/aromatic N) is 1. The molecule has 1 aliphatic rings. The largest absolute Gasteiger partial charge is 0.481 e. The number of hydrogen-bond donors (Lipinski definition) is 2. The van der Waals surface area contributed by atoms with Gasteiger partial charge in [-0.1, -0.05) is 6.07 Å². The summed E-state index contributed by atoms with van der Waals surface area (Å²) in [5.74, 6) is -0.906. The lowest BCUT2D eigenvalue weighted by Crippen LogP contribution is -2.43. The zero-order valence-electron chi connectivity index (χ0n) is 10.3. The highest BCUT2D eigenvalue weighted by molar-refractivity contribution is 9.10. The maximum absolute atomic E-state index is 11.4. The third-order valence-corrected chi connectivity index (χ3v) is 4.06. The maximum Gasteiger partial charge on any atom is 0.313 e. The van der Waals surface area contributed by atoms with Crippen molar-refractivity contribution in [3.8, 4) is 6.07 Å². The van der Waals surface area contributed by atoms with E-state index in [0.717, 1.165) is 0 Å². The lowest BCUT2D eigenvalue weighted by atomic mass is 9.85. The van der Waals surface area contributed by atoms with Crippen LogP contribution in [0.3, 0.4) is 0 Å². The summed E-state index contributed by atoms with van der Waals surface area (Å²) in [6, 6.07) is 7.04. The van der Waals surface area contributed by atoms with Crippen LogP contribution >= 0.6 is 15.9 Å². The number of aliphatic carboxylic acids is 1. The average molecular weight is 325 g/mol. The number of anilines is 1. The first-order chi connectivity index (χ1) is 8.99. The molecule has 100 valence electrons. The molecule has 0 radical (unpaired) electrons. The molecule has 1 aromatic rings. The van der Waals surface area contributed by atoms with E-state index < -0.39 is 11.4 Å². The first-order valence-corrected chi connectivity index (χ1v) is 6.54. The Balaban J connectivity index is 2.30. The Bertz CT molecular complexity index is 555.